The topological polar surface area (TPSA) is 37.4 Å². The van der Waals surface area contributed by atoms with E-state index in [-0.39, 0.29) is 11.7 Å². The summed E-state index contributed by atoms with van der Waals surface area (Å²) in [6.07, 6.45) is 3.47. The van der Waals surface area contributed by atoms with Crippen LogP contribution in [0.4, 0.5) is 0 Å². The fraction of sp³-hybridized carbons (Fsp3) is 0.500. The molecule has 1 aliphatic rings. The van der Waals surface area contributed by atoms with Gasteiger partial charge in [-0.15, -0.1) is 0 Å². The second-order valence-corrected chi connectivity index (χ2v) is 5.26. The Hall–Kier alpha value is -1.64. The van der Waals surface area contributed by atoms with Crippen molar-refractivity contribution in [1.82, 2.24) is 4.90 Å². The first-order valence-corrected chi connectivity index (χ1v) is 7.00. The molecule has 1 amide bonds. The summed E-state index contributed by atoms with van der Waals surface area (Å²) in [5, 5.41) is 0. The van der Waals surface area contributed by atoms with Crippen LogP contribution >= 0.6 is 0 Å². The Morgan fingerprint density at radius 2 is 1.79 bits per heavy atom. The van der Waals surface area contributed by atoms with Crippen molar-refractivity contribution in [2.45, 2.75) is 39.0 Å². The minimum absolute atomic E-state index is 0.194. The second kappa shape index (κ2) is 6.50. The van der Waals surface area contributed by atoms with Gasteiger partial charge in [0.15, 0.2) is 0 Å². The number of ketones is 1. The fourth-order valence-corrected chi connectivity index (χ4v) is 2.36. The number of carbonyl (C=O) groups excluding carboxylic acids is 2. The number of nitrogens with zero attached hydrogens (tertiary/aromatic N) is 1. The van der Waals surface area contributed by atoms with E-state index >= 15 is 0 Å². The van der Waals surface area contributed by atoms with E-state index in [1.165, 1.54) is 11.1 Å². The predicted molar refractivity (Wildman–Crippen MR) is 74.9 cm³/mol. The SMILES string of the molecule is Cc1ccc(CCCC(=O)N2CCC(=O)CC2)cc1. The molecule has 0 bridgehead atoms. The van der Waals surface area contributed by atoms with E-state index in [0.717, 1.165) is 12.8 Å². The van der Waals surface area contributed by atoms with Gasteiger partial charge in [-0.05, 0) is 25.3 Å². The summed E-state index contributed by atoms with van der Waals surface area (Å²) < 4.78 is 0. The Morgan fingerprint density at radius 1 is 1.16 bits per heavy atom. The maximum Gasteiger partial charge on any atom is 0.222 e. The first kappa shape index (κ1) is 13.8. The zero-order chi connectivity index (χ0) is 13.7. The summed E-state index contributed by atoms with van der Waals surface area (Å²) in [5.74, 6) is 0.475. The Morgan fingerprint density at radius 3 is 2.42 bits per heavy atom. The molecule has 0 aromatic heterocycles. The standard InChI is InChI=1S/C16H21NO2/c1-13-5-7-14(8-6-13)3-2-4-16(19)17-11-9-15(18)10-12-17/h5-8H,2-4,9-12H2,1H3. The van der Waals surface area contributed by atoms with Crippen LogP contribution < -0.4 is 0 Å². The lowest BCUT2D eigenvalue weighted by molar-refractivity contribution is -0.134. The summed E-state index contributed by atoms with van der Waals surface area (Å²) in [4.78, 5) is 24.9. The highest BCUT2D eigenvalue weighted by molar-refractivity contribution is 5.83. The Labute approximate surface area is 114 Å². The van der Waals surface area contributed by atoms with Crippen LogP contribution in [0.2, 0.25) is 0 Å². The van der Waals surface area contributed by atoms with Crippen LogP contribution in [-0.4, -0.2) is 29.7 Å². The third-order valence-corrected chi connectivity index (χ3v) is 3.65. The van der Waals surface area contributed by atoms with Crippen molar-refractivity contribution in [3.63, 3.8) is 0 Å². The van der Waals surface area contributed by atoms with Crippen LogP contribution in [-0.2, 0) is 16.0 Å². The number of aryl methyl sites for hydroxylation is 2. The smallest absolute Gasteiger partial charge is 0.222 e. The molecule has 1 fully saturated rings. The highest BCUT2D eigenvalue weighted by Gasteiger charge is 2.19. The van der Waals surface area contributed by atoms with E-state index in [1.807, 2.05) is 4.90 Å². The number of amides is 1. The van der Waals surface area contributed by atoms with Gasteiger partial charge in [0, 0.05) is 32.4 Å². The van der Waals surface area contributed by atoms with E-state index in [0.29, 0.717) is 32.4 Å². The minimum Gasteiger partial charge on any atom is -0.342 e. The highest BCUT2D eigenvalue weighted by atomic mass is 16.2. The molecule has 2 rings (SSSR count). The molecule has 0 unspecified atom stereocenters. The third-order valence-electron chi connectivity index (χ3n) is 3.65. The van der Waals surface area contributed by atoms with Crippen molar-refractivity contribution in [2.75, 3.05) is 13.1 Å². The molecule has 1 aliphatic heterocycles. The van der Waals surface area contributed by atoms with Crippen molar-refractivity contribution >= 4 is 11.7 Å². The maximum absolute atomic E-state index is 12.0. The molecule has 0 aliphatic carbocycles. The van der Waals surface area contributed by atoms with Gasteiger partial charge in [0.2, 0.25) is 5.91 Å². The van der Waals surface area contributed by atoms with Crippen LogP contribution in [0.25, 0.3) is 0 Å². The summed E-state index contributed by atoms with van der Waals surface area (Å²) in [6, 6.07) is 8.46. The summed E-state index contributed by atoms with van der Waals surface area (Å²) >= 11 is 0. The molecule has 0 atom stereocenters. The predicted octanol–water partition coefficient (Wildman–Crippen LogP) is 2.51. The lowest BCUT2D eigenvalue weighted by Crippen LogP contribution is -2.38. The van der Waals surface area contributed by atoms with Gasteiger partial charge in [0.05, 0.1) is 0 Å². The van der Waals surface area contributed by atoms with Gasteiger partial charge in [0.25, 0.3) is 0 Å². The first-order valence-electron chi connectivity index (χ1n) is 7.00. The van der Waals surface area contributed by atoms with Gasteiger partial charge in [-0.2, -0.15) is 0 Å². The molecule has 0 radical (unpaired) electrons. The van der Waals surface area contributed by atoms with Crippen molar-refractivity contribution in [3.8, 4) is 0 Å². The van der Waals surface area contributed by atoms with Gasteiger partial charge >= 0.3 is 0 Å². The van der Waals surface area contributed by atoms with Crippen LogP contribution in [0.1, 0.15) is 36.8 Å². The molecule has 3 nitrogen and oxygen atoms in total. The summed E-state index contributed by atoms with van der Waals surface area (Å²) in [6.45, 7) is 3.30. The average Bonchev–Trinajstić information content (AvgIpc) is 2.41. The van der Waals surface area contributed by atoms with E-state index in [4.69, 9.17) is 0 Å². The normalized spacial score (nSPS) is 15.6. The highest BCUT2D eigenvalue weighted by Crippen LogP contribution is 2.11. The number of likely N-dealkylation sites (tertiary alicyclic amines) is 1. The Bertz CT molecular complexity index is 440. The maximum atomic E-state index is 12.0. The number of hydrogen-bond acceptors (Lipinski definition) is 2. The third kappa shape index (κ3) is 4.19. The Balaban J connectivity index is 1.72. The number of benzene rings is 1. The van der Waals surface area contributed by atoms with Crippen LogP contribution in [0.3, 0.4) is 0 Å². The average molecular weight is 259 g/mol. The van der Waals surface area contributed by atoms with Gasteiger partial charge < -0.3 is 4.90 Å². The monoisotopic (exact) mass is 259 g/mol. The van der Waals surface area contributed by atoms with Crippen molar-refractivity contribution in [3.05, 3.63) is 35.4 Å². The summed E-state index contributed by atoms with van der Waals surface area (Å²) in [7, 11) is 0. The molecular formula is C16H21NO2. The van der Waals surface area contributed by atoms with Crippen molar-refractivity contribution in [2.24, 2.45) is 0 Å². The van der Waals surface area contributed by atoms with E-state index in [2.05, 4.69) is 31.2 Å². The lowest BCUT2D eigenvalue weighted by Gasteiger charge is -2.26. The quantitative estimate of drug-likeness (QED) is 0.833. The minimum atomic E-state index is 0.194. The number of Topliss-reactive ketones (excluding diaryl/α,β-unsaturated/α-hetero) is 1. The molecule has 1 heterocycles. The zero-order valence-electron chi connectivity index (χ0n) is 11.5. The largest absolute Gasteiger partial charge is 0.342 e. The van der Waals surface area contributed by atoms with E-state index in [1.54, 1.807) is 0 Å². The molecular weight excluding hydrogens is 238 g/mol. The lowest BCUT2D eigenvalue weighted by atomic mass is 10.1. The van der Waals surface area contributed by atoms with Gasteiger partial charge in [-0.1, -0.05) is 29.8 Å². The van der Waals surface area contributed by atoms with E-state index < -0.39 is 0 Å². The van der Waals surface area contributed by atoms with Gasteiger partial charge in [-0.25, -0.2) is 0 Å². The van der Waals surface area contributed by atoms with Crippen LogP contribution in [0.5, 0.6) is 0 Å². The molecule has 3 heteroatoms. The number of carbonyl (C=O) groups is 2. The van der Waals surface area contributed by atoms with Crippen molar-refractivity contribution in [1.29, 1.82) is 0 Å². The fourth-order valence-electron chi connectivity index (χ4n) is 2.36. The number of rotatable bonds is 4. The molecule has 0 spiro atoms. The molecule has 1 saturated heterocycles. The van der Waals surface area contributed by atoms with Gasteiger partial charge in [-0.3, -0.25) is 9.59 Å². The molecule has 1 aromatic rings. The first-order chi connectivity index (χ1) is 9.15. The molecule has 0 saturated carbocycles. The van der Waals surface area contributed by atoms with Gasteiger partial charge in [0.1, 0.15) is 5.78 Å². The second-order valence-electron chi connectivity index (χ2n) is 5.26. The molecule has 102 valence electrons. The van der Waals surface area contributed by atoms with Crippen molar-refractivity contribution < 1.29 is 9.59 Å². The zero-order valence-corrected chi connectivity index (χ0v) is 11.5. The van der Waals surface area contributed by atoms with Crippen LogP contribution in [0, 0.1) is 6.92 Å². The molecule has 19 heavy (non-hydrogen) atoms. The van der Waals surface area contributed by atoms with Crippen LogP contribution in [0.15, 0.2) is 24.3 Å². The Kier molecular flexibility index (Phi) is 4.72. The molecule has 0 N–H and O–H groups in total. The van der Waals surface area contributed by atoms with E-state index in [9.17, 15) is 9.59 Å². The summed E-state index contributed by atoms with van der Waals surface area (Å²) in [5.41, 5.74) is 2.55. The number of piperidine rings is 1. The molecule has 1 aromatic carbocycles. The number of hydrogen-bond donors (Lipinski definition) is 0.